The van der Waals surface area contributed by atoms with Crippen molar-refractivity contribution >= 4 is 29.2 Å². The number of urea groups is 1. The summed E-state index contributed by atoms with van der Waals surface area (Å²) in [5.74, 6) is 0.549. The van der Waals surface area contributed by atoms with Crippen LogP contribution in [0.4, 0.5) is 16.2 Å². The summed E-state index contributed by atoms with van der Waals surface area (Å²) in [6.45, 7) is 4.24. The molecule has 8 heteroatoms. The van der Waals surface area contributed by atoms with Crippen molar-refractivity contribution < 1.29 is 23.9 Å². The van der Waals surface area contributed by atoms with Gasteiger partial charge in [0, 0.05) is 24.0 Å². The molecule has 0 atom stereocenters. The first kappa shape index (κ1) is 20.2. The van der Waals surface area contributed by atoms with Gasteiger partial charge in [-0.3, -0.25) is 14.5 Å². The minimum atomic E-state index is -0.493. The maximum atomic E-state index is 12.6. The highest BCUT2D eigenvalue weighted by Crippen LogP contribution is 2.30. The quantitative estimate of drug-likeness (QED) is 0.726. The first-order valence-electron chi connectivity index (χ1n) is 9.14. The van der Waals surface area contributed by atoms with E-state index in [2.05, 4.69) is 10.6 Å². The molecule has 4 amide bonds. The number of amides is 4. The molecule has 152 valence electrons. The molecule has 0 spiro atoms. The number of anilines is 2. The Morgan fingerprint density at radius 2 is 1.48 bits per heavy atom. The van der Waals surface area contributed by atoms with Gasteiger partial charge in [0.15, 0.2) is 11.5 Å². The van der Waals surface area contributed by atoms with Crippen LogP contribution >= 0.6 is 0 Å². The highest BCUT2D eigenvalue weighted by atomic mass is 16.5. The van der Waals surface area contributed by atoms with Crippen LogP contribution < -0.4 is 20.1 Å². The van der Waals surface area contributed by atoms with E-state index < -0.39 is 6.03 Å². The lowest BCUT2D eigenvalue weighted by Gasteiger charge is -2.15. The molecule has 1 aliphatic heterocycles. The van der Waals surface area contributed by atoms with E-state index in [0.29, 0.717) is 40.5 Å². The molecule has 2 aromatic rings. The molecule has 2 N–H and O–H groups in total. The van der Waals surface area contributed by atoms with E-state index in [1.165, 1.54) is 25.2 Å². The van der Waals surface area contributed by atoms with E-state index in [0.717, 1.165) is 0 Å². The van der Waals surface area contributed by atoms with Crippen LogP contribution in [0.15, 0.2) is 36.4 Å². The number of carbonyl (C=O) groups is 3. The average molecular weight is 397 g/mol. The smallest absolute Gasteiger partial charge is 0.323 e. The lowest BCUT2D eigenvalue weighted by atomic mass is 10.1. The van der Waals surface area contributed by atoms with Crippen LogP contribution in [0.2, 0.25) is 0 Å². The molecule has 1 aliphatic rings. The van der Waals surface area contributed by atoms with Crippen molar-refractivity contribution in [2.75, 3.05) is 31.4 Å². The molecule has 1 heterocycles. The summed E-state index contributed by atoms with van der Waals surface area (Å²) >= 11 is 0. The van der Waals surface area contributed by atoms with E-state index in [1.54, 1.807) is 30.3 Å². The van der Waals surface area contributed by atoms with Crippen LogP contribution in [0.3, 0.4) is 0 Å². The van der Waals surface area contributed by atoms with E-state index in [-0.39, 0.29) is 17.7 Å². The summed E-state index contributed by atoms with van der Waals surface area (Å²) < 4.78 is 10.4. The summed E-state index contributed by atoms with van der Waals surface area (Å²) in [6.07, 6.45) is 0. The third-order valence-electron chi connectivity index (χ3n) is 4.42. The van der Waals surface area contributed by atoms with Crippen LogP contribution in [0.1, 0.15) is 34.6 Å². The number of nitrogens with zero attached hydrogens (tertiary/aromatic N) is 1. The van der Waals surface area contributed by atoms with Crippen LogP contribution in [0, 0.1) is 5.92 Å². The lowest BCUT2D eigenvalue weighted by molar-refractivity contribution is 0.0636. The van der Waals surface area contributed by atoms with Gasteiger partial charge in [-0.05, 0) is 36.2 Å². The van der Waals surface area contributed by atoms with Crippen molar-refractivity contribution in [1.82, 2.24) is 4.90 Å². The number of methoxy groups -OCH3 is 2. The largest absolute Gasteiger partial charge is 0.493 e. The third kappa shape index (κ3) is 4.16. The fourth-order valence-electron chi connectivity index (χ4n) is 3.11. The van der Waals surface area contributed by atoms with E-state index >= 15 is 0 Å². The van der Waals surface area contributed by atoms with Gasteiger partial charge in [0.2, 0.25) is 0 Å². The zero-order chi connectivity index (χ0) is 21.1. The van der Waals surface area contributed by atoms with Crippen molar-refractivity contribution in [2.45, 2.75) is 13.8 Å². The lowest BCUT2D eigenvalue weighted by Crippen LogP contribution is -2.33. The minimum Gasteiger partial charge on any atom is -0.493 e. The molecule has 0 fully saturated rings. The number of carbonyl (C=O) groups excluding carboxylic acids is 3. The molecule has 2 aromatic carbocycles. The van der Waals surface area contributed by atoms with Gasteiger partial charge in [0.25, 0.3) is 11.8 Å². The van der Waals surface area contributed by atoms with Crippen LogP contribution in [0.5, 0.6) is 11.5 Å². The maximum Gasteiger partial charge on any atom is 0.323 e. The van der Waals surface area contributed by atoms with Crippen LogP contribution in [0.25, 0.3) is 0 Å². The predicted molar refractivity (Wildman–Crippen MR) is 109 cm³/mol. The number of hydrogen-bond acceptors (Lipinski definition) is 5. The molecule has 0 aliphatic carbocycles. The van der Waals surface area contributed by atoms with Crippen molar-refractivity contribution in [3.8, 4) is 11.5 Å². The number of fused-ring (bicyclic) bond motifs is 1. The number of ether oxygens (including phenoxy) is 2. The Kier molecular flexibility index (Phi) is 5.72. The predicted octanol–water partition coefficient (Wildman–Crippen LogP) is 3.60. The zero-order valence-electron chi connectivity index (χ0n) is 16.7. The Balaban J connectivity index is 1.72. The van der Waals surface area contributed by atoms with Gasteiger partial charge >= 0.3 is 6.03 Å². The third-order valence-corrected chi connectivity index (χ3v) is 4.42. The van der Waals surface area contributed by atoms with Gasteiger partial charge < -0.3 is 20.1 Å². The molecule has 0 saturated heterocycles. The van der Waals surface area contributed by atoms with E-state index in [4.69, 9.17) is 9.47 Å². The highest BCUT2D eigenvalue weighted by Gasteiger charge is 2.35. The molecule has 8 nitrogen and oxygen atoms in total. The number of nitrogens with one attached hydrogen (secondary N) is 2. The first-order valence-corrected chi connectivity index (χ1v) is 9.14. The number of benzene rings is 2. The molecule has 0 saturated carbocycles. The molecule has 0 radical (unpaired) electrons. The van der Waals surface area contributed by atoms with Crippen LogP contribution in [-0.4, -0.2) is 43.5 Å². The second-order valence-electron chi connectivity index (χ2n) is 7.02. The molecular formula is C21H23N3O5. The number of imide groups is 1. The van der Waals surface area contributed by atoms with Crippen molar-refractivity contribution in [2.24, 2.45) is 5.92 Å². The molecular weight excluding hydrogens is 374 g/mol. The summed E-state index contributed by atoms with van der Waals surface area (Å²) in [7, 11) is 3.03. The normalized spacial score (nSPS) is 12.8. The average Bonchev–Trinajstić information content (AvgIpc) is 2.92. The monoisotopic (exact) mass is 397 g/mol. The SMILES string of the molecule is COc1ccc(NC(=O)Nc2ccc3c(c2)C(=O)N(CC(C)C)C3=O)cc1OC. The number of hydrogen-bond donors (Lipinski definition) is 2. The van der Waals surface area contributed by atoms with Crippen LogP contribution in [-0.2, 0) is 0 Å². The summed E-state index contributed by atoms with van der Waals surface area (Å²) in [6, 6.07) is 9.16. The fraction of sp³-hybridized carbons (Fsp3) is 0.286. The van der Waals surface area contributed by atoms with Gasteiger partial charge in [0.05, 0.1) is 25.3 Å². The standard InChI is InChI=1S/C21H23N3O5/c1-12(2)11-24-19(25)15-7-5-13(9-16(15)20(24)26)22-21(27)23-14-6-8-17(28-3)18(10-14)29-4/h5-10,12H,11H2,1-4H3,(H2,22,23,27). The van der Waals surface area contributed by atoms with Gasteiger partial charge in [-0.25, -0.2) is 4.79 Å². The molecule has 0 aromatic heterocycles. The van der Waals surface area contributed by atoms with Gasteiger partial charge in [-0.15, -0.1) is 0 Å². The minimum absolute atomic E-state index is 0.169. The van der Waals surface area contributed by atoms with E-state index in [1.807, 2.05) is 13.8 Å². The Hall–Kier alpha value is -3.55. The number of rotatable bonds is 6. The van der Waals surface area contributed by atoms with Crippen molar-refractivity contribution in [3.05, 3.63) is 47.5 Å². The van der Waals surface area contributed by atoms with Crippen molar-refractivity contribution in [1.29, 1.82) is 0 Å². The second kappa shape index (κ2) is 8.22. The van der Waals surface area contributed by atoms with Gasteiger partial charge in [0.1, 0.15) is 0 Å². The zero-order valence-corrected chi connectivity index (χ0v) is 16.7. The summed E-state index contributed by atoms with van der Waals surface area (Å²) in [5.41, 5.74) is 1.56. The molecule has 0 bridgehead atoms. The highest BCUT2D eigenvalue weighted by molar-refractivity contribution is 6.22. The Labute approximate surface area is 168 Å². The Bertz CT molecular complexity index is 971. The maximum absolute atomic E-state index is 12.6. The molecule has 29 heavy (non-hydrogen) atoms. The van der Waals surface area contributed by atoms with E-state index in [9.17, 15) is 14.4 Å². The van der Waals surface area contributed by atoms with Gasteiger partial charge in [-0.2, -0.15) is 0 Å². The fourth-order valence-corrected chi connectivity index (χ4v) is 3.11. The molecule has 0 unspecified atom stereocenters. The van der Waals surface area contributed by atoms with Crippen molar-refractivity contribution in [3.63, 3.8) is 0 Å². The Morgan fingerprint density at radius 3 is 2.10 bits per heavy atom. The summed E-state index contributed by atoms with van der Waals surface area (Å²) in [4.78, 5) is 38.5. The molecule has 3 rings (SSSR count). The Morgan fingerprint density at radius 1 is 0.897 bits per heavy atom. The topological polar surface area (TPSA) is 97.0 Å². The van der Waals surface area contributed by atoms with Gasteiger partial charge in [-0.1, -0.05) is 13.8 Å². The first-order chi connectivity index (χ1) is 13.8. The second-order valence-corrected chi connectivity index (χ2v) is 7.02. The summed E-state index contributed by atoms with van der Waals surface area (Å²) in [5, 5.41) is 5.36.